The molecule has 1 heterocycles. The molecule has 4 heteroatoms. The Hall–Kier alpha value is -1.06. The molecule has 0 N–H and O–H groups in total. The molecule has 0 radical (unpaired) electrons. The SMILES string of the molecule is CCCCCC(CC)N1CCC(C(=O)OCc2ccccc2)CC1.Cl. The Morgan fingerprint density at radius 1 is 1.16 bits per heavy atom. The Bertz CT molecular complexity index is 472. The molecule has 1 fully saturated rings. The molecule has 3 nitrogen and oxygen atoms in total. The van der Waals surface area contributed by atoms with E-state index in [1.54, 1.807) is 0 Å². The van der Waals surface area contributed by atoms with Gasteiger partial charge in [-0.2, -0.15) is 0 Å². The highest BCUT2D eigenvalue weighted by molar-refractivity contribution is 5.85. The lowest BCUT2D eigenvalue weighted by molar-refractivity contribution is -0.151. The molecule has 0 aromatic heterocycles. The number of hydrogen-bond donors (Lipinski definition) is 0. The van der Waals surface area contributed by atoms with E-state index in [2.05, 4.69) is 18.7 Å². The van der Waals surface area contributed by atoms with Gasteiger partial charge in [0, 0.05) is 6.04 Å². The number of nitrogens with zero attached hydrogens (tertiary/aromatic N) is 1. The van der Waals surface area contributed by atoms with Crippen molar-refractivity contribution in [3.05, 3.63) is 35.9 Å². The van der Waals surface area contributed by atoms with Crippen LogP contribution in [0.2, 0.25) is 0 Å². The summed E-state index contributed by atoms with van der Waals surface area (Å²) in [4.78, 5) is 14.9. The number of hydrogen-bond acceptors (Lipinski definition) is 3. The van der Waals surface area contributed by atoms with Gasteiger partial charge in [-0.25, -0.2) is 0 Å². The summed E-state index contributed by atoms with van der Waals surface area (Å²) in [5, 5.41) is 0. The Morgan fingerprint density at radius 2 is 1.84 bits per heavy atom. The molecule has 0 spiro atoms. The summed E-state index contributed by atoms with van der Waals surface area (Å²) in [7, 11) is 0. The molecule has 142 valence electrons. The molecule has 0 saturated carbocycles. The van der Waals surface area contributed by atoms with E-state index < -0.39 is 0 Å². The average Bonchev–Trinajstić information content (AvgIpc) is 2.64. The zero-order valence-corrected chi connectivity index (χ0v) is 16.6. The minimum Gasteiger partial charge on any atom is -0.461 e. The van der Waals surface area contributed by atoms with Crippen molar-refractivity contribution >= 4 is 18.4 Å². The molecule has 25 heavy (non-hydrogen) atoms. The Labute approximate surface area is 159 Å². The molecule has 1 unspecified atom stereocenters. The van der Waals surface area contributed by atoms with Gasteiger partial charge in [0.05, 0.1) is 5.92 Å². The number of unbranched alkanes of at least 4 members (excludes halogenated alkanes) is 2. The van der Waals surface area contributed by atoms with Crippen LogP contribution in [0.4, 0.5) is 0 Å². The molecule has 0 aliphatic carbocycles. The standard InChI is InChI=1S/C21H33NO2.ClH/c1-3-5-7-12-20(4-2)22-15-13-19(14-16-22)21(23)24-17-18-10-8-6-9-11-18;/h6,8-11,19-20H,3-5,7,12-17H2,1-2H3;1H. The third-order valence-electron chi connectivity index (χ3n) is 5.22. The second kappa shape index (κ2) is 12.3. The van der Waals surface area contributed by atoms with Gasteiger partial charge in [-0.05, 0) is 44.3 Å². The van der Waals surface area contributed by atoms with Crippen LogP contribution in [0.25, 0.3) is 0 Å². The smallest absolute Gasteiger partial charge is 0.309 e. The average molecular weight is 368 g/mol. The fraction of sp³-hybridized carbons (Fsp3) is 0.667. The molecule has 1 saturated heterocycles. The molecule has 0 bridgehead atoms. The van der Waals surface area contributed by atoms with Crippen LogP contribution in [0, 0.1) is 5.92 Å². The highest BCUT2D eigenvalue weighted by atomic mass is 35.5. The van der Waals surface area contributed by atoms with Gasteiger partial charge in [0.15, 0.2) is 0 Å². The first kappa shape index (κ1) is 22.0. The van der Waals surface area contributed by atoms with Crippen LogP contribution in [0.5, 0.6) is 0 Å². The van der Waals surface area contributed by atoms with Gasteiger partial charge >= 0.3 is 5.97 Å². The van der Waals surface area contributed by atoms with Crippen molar-refractivity contribution < 1.29 is 9.53 Å². The van der Waals surface area contributed by atoms with Crippen molar-refractivity contribution in [2.75, 3.05) is 13.1 Å². The van der Waals surface area contributed by atoms with Gasteiger partial charge in [-0.3, -0.25) is 4.79 Å². The lowest BCUT2D eigenvalue weighted by atomic mass is 9.94. The van der Waals surface area contributed by atoms with E-state index in [4.69, 9.17) is 4.74 Å². The lowest BCUT2D eigenvalue weighted by Gasteiger charge is -2.36. The van der Waals surface area contributed by atoms with Gasteiger partial charge < -0.3 is 9.64 Å². The predicted molar refractivity (Wildman–Crippen MR) is 106 cm³/mol. The molecule has 1 aromatic rings. The third kappa shape index (κ3) is 7.37. The summed E-state index contributed by atoms with van der Waals surface area (Å²) >= 11 is 0. The van der Waals surface area contributed by atoms with Gasteiger partial charge in [0.25, 0.3) is 0 Å². The van der Waals surface area contributed by atoms with Crippen LogP contribution in [0.1, 0.15) is 64.4 Å². The van der Waals surface area contributed by atoms with Crippen molar-refractivity contribution in [1.29, 1.82) is 0 Å². The number of rotatable bonds is 9. The topological polar surface area (TPSA) is 29.5 Å². The van der Waals surface area contributed by atoms with Gasteiger partial charge in [0.1, 0.15) is 6.61 Å². The maximum absolute atomic E-state index is 12.3. The summed E-state index contributed by atoms with van der Waals surface area (Å²) in [5.41, 5.74) is 1.06. The summed E-state index contributed by atoms with van der Waals surface area (Å²) in [6.07, 6.45) is 8.34. The fourth-order valence-corrected chi connectivity index (χ4v) is 3.62. The van der Waals surface area contributed by atoms with Gasteiger partial charge in [-0.15, -0.1) is 12.4 Å². The van der Waals surface area contributed by atoms with Crippen LogP contribution in [-0.2, 0) is 16.1 Å². The highest BCUT2D eigenvalue weighted by Gasteiger charge is 2.28. The Kier molecular flexibility index (Phi) is 10.8. The van der Waals surface area contributed by atoms with E-state index in [9.17, 15) is 4.79 Å². The number of benzene rings is 1. The molecule has 1 aliphatic rings. The van der Waals surface area contributed by atoms with E-state index in [-0.39, 0.29) is 24.3 Å². The van der Waals surface area contributed by atoms with Crippen LogP contribution in [0.15, 0.2) is 30.3 Å². The normalized spacial score (nSPS) is 16.9. The lowest BCUT2D eigenvalue weighted by Crippen LogP contribution is -2.42. The fourth-order valence-electron chi connectivity index (χ4n) is 3.62. The minimum absolute atomic E-state index is 0. The summed E-state index contributed by atoms with van der Waals surface area (Å²) in [5.74, 6) is 0.0654. The number of piperidine rings is 1. The maximum atomic E-state index is 12.3. The first-order chi connectivity index (χ1) is 11.7. The number of ether oxygens (including phenoxy) is 1. The van der Waals surface area contributed by atoms with E-state index in [1.165, 1.54) is 32.1 Å². The van der Waals surface area contributed by atoms with Crippen molar-refractivity contribution in [2.45, 2.75) is 71.4 Å². The van der Waals surface area contributed by atoms with Crippen molar-refractivity contribution in [2.24, 2.45) is 5.92 Å². The van der Waals surface area contributed by atoms with Crippen molar-refractivity contribution in [3.8, 4) is 0 Å². The number of esters is 1. The number of carbonyl (C=O) groups is 1. The van der Waals surface area contributed by atoms with Crippen LogP contribution in [0.3, 0.4) is 0 Å². The second-order valence-electron chi connectivity index (χ2n) is 6.96. The predicted octanol–water partition coefficient (Wildman–Crippen LogP) is 5.22. The molecule has 1 aliphatic heterocycles. The Balaban J connectivity index is 0.00000312. The van der Waals surface area contributed by atoms with Gasteiger partial charge in [0.2, 0.25) is 0 Å². The minimum atomic E-state index is -0.0162. The van der Waals surface area contributed by atoms with Crippen LogP contribution in [-0.4, -0.2) is 30.0 Å². The second-order valence-corrected chi connectivity index (χ2v) is 6.96. The number of likely N-dealkylation sites (tertiary alicyclic amines) is 1. The number of carbonyl (C=O) groups excluding carboxylic acids is 1. The van der Waals surface area contributed by atoms with E-state index in [0.717, 1.165) is 31.5 Å². The monoisotopic (exact) mass is 367 g/mol. The zero-order chi connectivity index (χ0) is 17.2. The van der Waals surface area contributed by atoms with E-state index >= 15 is 0 Å². The summed E-state index contributed by atoms with van der Waals surface area (Å²) in [6.45, 7) is 7.02. The summed E-state index contributed by atoms with van der Waals surface area (Å²) < 4.78 is 5.51. The third-order valence-corrected chi connectivity index (χ3v) is 5.22. The molecule has 1 atom stereocenters. The number of halogens is 1. The molecule has 1 aromatic carbocycles. The van der Waals surface area contributed by atoms with Crippen molar-refractivity contribution in [1.82, 2.24) is 4.90 Å². The van der Waals surface area contributed by atoms with Crippen LogP contribution >= 0.6 is 12.4 Å². The molecule has 0 amide bonds. The highest BCUT2D eigenvalue weighted by Crippen LogP contribution is 2.24. The molecular formula is C21H34ClNO2. The molecular weight excluding hydrogens is 334 g/mol. The van der Waals surface area contributed by atoms with Crippen LogP contribution < -0.4 is 0 Å². The molecule has 2 rings (SSSR count). The zero-order valence-electron chi connectivity index (χ0n) is 15.8. The first-order valence-electron chi connectivity index (χ1n) is 9.69. The quantitative estimate of drug-likeness (QED) is 0.442. The van der Waals surface area contributed by atoms with Crippen molar-refractivity contribution in [3.63, 3.8) is 0 Å². The van der Waals surface area contributed by atoms with Gasteiger partial charge in [-0.1, -0.05) is 63.4 Å². The first-order valence-corrected chi connectivity index (χ1v) is 9.69. The maximum Gasteiger partial charge on any atom is 0.309 e. The largest absolute Gasteiger partial charge is 0.461 e. The van der Waals surface area contributed by atoms with E-state index in [1.807, 2.05) is 30.3 Å². The van der Waals surface area contributed by atoms with E-state index in [0.29, 0.717) is 12.6 Å². The summed E-state index contributed by atoms with van der Waals surface area (Å²) in [6, 6.07) is 10.6. The Morgan fingerprint density at radius 3 is 2.44 bits per heavy atom.